The number of hydrogen-bond donors (Lipinski definition) is 2. The van der Waals surface area contributed by atoms with Crippen molar-refractivity contribution in [3.63, 3.8) is 0 Å². The highest BCUT2D eigenvalue weighted by atomic mass is 16.3. The van der Waals surface area contributed by atoms with E-state index in [0.29, 0.717) is 34.7 Å². The van der Waals surface area contributed by atoms with Gasteiger partial charge in [-0.2, -0.15) is 5.26 Å². The van der Waals surface area contributed by atoms with E-state index in [-0.39, 0.29) is 24.6 Å². The van der Waals surface area contributed by atoms with Crippen LogP contribution in [0.3, 0.4) is 0 Å². The molecule has 0 spiro atoms. The van der Waals surface area contributed by atoms with Gasteiger partial charge in [0.25, 0.3) is 5.56 Å². The highest BCUT2D eigenvalue weighted by molar-refractivity contribution is 5.93. The number of carbonyl (C=O) groups excluding carboxylic acids is 1. The van der Waals surface area contributed by atoms with Gasteiger partial charge in [0.15, 0.2) is 0 Å². The van der Waals surface area contributed by atoms with Crippen LogP contribution in [0.2, 0.25) is 0 Å². The Labute approximate surface area is 190 Å². The van der Waals surface area contributed by atoms with Crippen molar-refractivity contribution in [1.82, 2.24) is 19.4 Å². The number of rotatable bonds is 7. The number of aromatic amines is 1. The van der Waals surface area contributed by atoms with Crippen LogP contribution in [-0.4, -0.2) is 38.9 Å². The van der Waals surface area contributed by atoms with Crippen LogP contribution in [0.5, 0.6) is 0 Å². The number of amides is 1. The van der Waals surface area contributed by atoms with Crippen molar-refractivity contribution in [3.8, 4) is 6.07 Å². The van der Waals surface area contributed by atoms with Gasteiger partial charge in [-0.1, -0.05) is 12.1 Å². The van der Waals surface area contributed by atoms with Crippen molar-refractivity contribution in [2.24, 2.45) is 0 Å². The Hall–Kier alpha value is -4.16. The number of para-hydroxylation sites is 1. The second-order valence-corrected chi connectivity index (χ2v) is 7.96. The van der Waals surface area contributed by atoms with Crippen molar-refractivity contribution < 1.29 is 9.21 Å². The Morgan fingerprint density at radius 3 is 2.79 bits per heavy atom. The number of aromatic nitrogens is 3. The predicted octanol–water partition coefficient (Wildman–Crippen LogP) is 2.92. The molecule has 3 heterocycles. The van der Waals surface area contributed by atoms with Crippen LogP contribution in [0.1, 0.15) is 28.4 Å². The van der Waals surface area contributed by atoms with Gasteiger partial charge >= 0.3 is 0 Å². The molecule has 4 aromatic rings. The van der Waals surface area contributed by atoms with Gasteiger partial charge in [0, 0.05) is 5.69 Å². The number of nitriles is 1. The maximum atomic E-state index is 12.8. The highest BCUT2D eigenvalue weighted by Crippen LogP contribution is 2.27. The van der Waals surface area contributed by atoms with Crippen LogP contribution in [0.15, 0.2) is 51.9 Å². The minimum atomic E-state index is -0.282. The number of likely N-dealkylation sites (N-methyl/N-ethyl adjacent to an activating group) is 1. The third-order valence-corrected chi connectivity index (χ3v) is 5.59. The molecule has 0 aliphatic heterocycles. The maximum absolute atomic E-state index is 12.8. The fourth-order valence-corrected chi connectivity index (χ4v) is 3.82. The van der Waals surface area contributed by atoms with Gasteiger partial charge in [-0.15, -0.1) is 0 Å². The number of hydrogen-bond acceptors (Lipinski definition) is 6. The van der Waals surface area contributed by atoms with Crippen molar-refractivity contribution in [1.29, 1.82) is 5.26 Å². The SMILES string of the molecule is Cc1c(C#N)c(NC(=O)CN(C)Cc2nc3ccccc3c(=O)[nH]2)n(Cc2ccco2)c1C. The van der Waals surface area contributed by atoms with E-state index in [4.69, 9.17) is 4.42 Å². The monoisotopic (exact) mass is 444 g/mol. The van der Waals surface area contributed by atoms with Crippen LogP contribution >= 0.6 is 0 Å². The molecule has 4 rings (SSSR count). The molecule has 1 amide bonds. The molecule has 1 aromatic carbocycles. The Bertz CT molecular complexity index is 1410. The smallest absolute Gasteiger partial charge is 0.258 e. The van der Waals surface area contributed by atoms with Gasteiger partial charge in [-0.25, -0.2) is 4.98 Å². The molecule has 9 heteroatoms. The normalized spacial score (nSPS) is 11.1. The van der Waals surface area contributed by atoms with E-state index in [2.05, 4.69) is 21.4 Å². The lowest BCUT2D eigenvalue weighted by atomic mass is 10.2. The van der Waals surface area contributed by atoms with Gasteiger partial charge in [-0.3, -0.25) is 14.5 Å². The summed E-state index contributed by atoms with van der Waals surface area (Å²) < 4.78 is 7.31. The maximum Gasteiger partial charge on any atom is 0.258 e. The molecule has 0 atom stereocenters. The molecule has 3 aromatic heterocycles. The standard InChI is InChI=1S/C24H24N6O3/c1-15-16(2)30(12-17-7-6-10-33-17)23(19(15)11-25)28-22(31)14-29(3)13-21-26-20-9-5-4-8-18(20)24(32)27-21/h4-10H,12-14H2,1-3H3,(H,28,31)(H,26,27,32). The summed E-state index contributed by atoms with van der Waals surface area (Å²) in [5, 5.41) is 13.1. The molecule has 0 unspecified atom stereocenters. The Kier molecular flexibility index (Phi) is 6.11. The van der Waals surface area contributed by atoms with Crippen molar-refractivity contribution >= 4 is 22.6 Å². The number of carbonyl (C=O) groups is 1. The summed E-state index contributed by atoms with van der Waals surface area (Å²) in [4.78, 5) is 34.1. The van der Waals surface area contributed by atoms with Crippen LogP contribution in [0, 0.1) is 25.2 Å². The van der Waals surface area contributed by atoms with Crippen LogP contribution in [0.25, 0.3) is 10.9 Å². The van der Waals surface area contributed by atoms with Crippen LogP contribution < -0.4 is 10.9 Å². The van der Waals surface area contributed by atoms with Crippen molar-refractivity contribution in [3.05, 3.63) is 81.4 Å². The van der Waals surface area contributed by atoms with E-state index in [9.17, 15) is 14.9 Å². The summed E-state index contributed by atoms with van der Waals surface area (Å²) in [5.41, 5.74) is 2.51. The van der Waals surface area contributed by atoms with Gasteiger partial charge < -0.3 is 19.3 Å². The number of fused-ring (bicyclic) bond motifs is 1. The lowest BCUT2D eigenvalue weighted by Crippen LogP contribution is -2.32. The summed E-state index contributed by atoms with van der Waals surface area (Å²) in [6, 6.07) is 12.9. The lowest BCUT2D eigenvalue weighted by Gasteiger charge is -2.17. The Morgan fingerprint density at radius 2 is 2.06 bits per heavy atom. The van der Waals surface area contributed by atoms with Gasteiger partial charge in [0.2, 0.25) is 5.91 Å². The molecule has 0 aliphatic carbocycles. The Balaban J connectivity index is 1.50. The minimum Gasteiger partial charge on any atom is -0.467 e. The molecule has 0 fully saturated rings. The Morgan fingerprint density at radius 1 is 1.27 bits per heavy atom. The second-order valence-electron chi connectivity index (χ2n) is 7.96. The molecule has 9 nitrogen and oxygen atoms in total. The largest absolute Gasteiger partial charge is 0.467 e. The molecule has 33 heavy (non-hydrogen) atoms. The van der Waals surface area contributed by atoms with E-state index < -0.39 is 0 Å². The molecule has 0 bridgehead atoms. The zero-order chi connectivity index (χ0) is 23.5. The third kappa shape index (κ3) is 4.56. The van der Waals surface area contributed by atoms with Crippen LogP contribution in [-0.2, 0) is 17.9 Å². The number of nitrogens with zero attached hydrogens (tertiary/aromatic N) is 4. The molecule has 168 valence electrons. The molecule has 2 N–H and O–H groups in total. The number of benzene rings is 1. The third-order valence-electron chi connectivity index (χ3n) is 5.59. The lowest BCUT2D eigenvalue weighted by molar-refractivity contribution is -0.117. The first kappa shape index (κ1) is 22.0. The first-order chi connectivity index (χ1) is 15.9. The van der Waals surface area contributed by atoms with Gasteiger partial charge in [-0.05, 0) is 50.7 Å². The van der Waals surface area contributed by atoms with Crippen molar-refractivity contribution in [2.75, 3.05) is 18.9 Å². The van der Waals surface area contributed by atoms with E-state index in [1.807, 2.05) is 30.5 Å². The van der Waals surface area contributed by atoms with E-state index >= 15 is 0 Å². The quantitative estimate of drug-likeness (QED) is 0.452. The van der Waals surface area contributed by atoms with Gasteiger partial charge in [0.05, 0.1) is 42.4 Å². The van der Waals surface area contributed by atoms with E-state index in [1.165, 1.54) is 0 Å². The van der Waals surface area contributed by atoms with Crippen LogP contribution in [0.4, 0.5) is 5.82 Å². The summed E-state index contributed by atoms with van der Waals surface area (Å²) in [7, 11) is 1.76. The average molecular weight is 444 g/mol. The summed E-state index contributed by atoms with van der Waals surface area (Å²) in [6.45, 7) is 4.49. The molecule has 0 saturated carbocycles. The molecular weight excluding hydrogens is 420 g/mol. The van der Waals surface area contributed by atoms with Gasteiger partial charge in [0.1, 0.15) is 23.5 Å². The zero-order valence-electron chi connectivity index (χ0n) is 18.7. The molecule has 0 radical (unpaired) electrons. The topological polar surface area (TPSA) is 120 Å². The predicted molar refractivity (Wildman–Crippen MR) is 124 cm³/mol. The fraction of sp³-hybridized carbons (Fsp3) is 0.250. The summed E-state index contributed by atoms with van der Waals surface area (Å²) in [5.74, 6) is 1.35. The molecule has 0 saturated heterocycles. The highest BCUT2D eigenvalue weighted by Gasteiger charge is 2.21. The number of H-pyrrole nitrogens is 1. The second kappa shape index (κ2) is 9.14. The minimum absolute atomic E-state index is 0.0471. The fourth-order valence-electron chi connectivity index (χ4n) is 3.82. The number of anilines is 1. The first-order valence-corrected chi connectivity index (χ1v) is 10.5. The van der Waals surface area contributed by atoms with E-state index in [1.54, 1.807) is 42.5 Å². The zero-order valence-corrected chi connectivity index (χ0v) is 18.7. The summed E-state index contributed by atoms with van der Waals surface area (Å²) in [6.07, 6.45) is 1.59. The summed E-state index contributed by atoms with van der Waals surface area (Å²) >= 11 is 0. The number of nitrogens with one attached hydrogen (secondary N) is 2. The first-order valence-electron chi connectivity index (χ1n) is 10.5. The van der Waals surface area contributed by atoms with Crippen molar-refractivity contribution in [2.45, 2.75) is 26.9 Å². The molecule has 0 aliphatic rings. The van der Waals surface area contributed by atoms with E-state index in [0.717, 1.165) is 17.0 Å². The number of furan rings is 1. The average Bonchev–Trinajstić information content (AvgIpc) is 3.36. The molecular formula is C24H24N6O3.